The van der Waals surface area contributed by atoms with Gasteiger partial charge in [-0.05, 0) is 24.5 Å². The van der Waals surface area contributed by atoms with E-state index in [0.29, 0.717) is 12.6 Å². The number of rotatable bonds is 4. The van der Waals surface area contributed by atoms with Gasteiger partial charge >= 0.3 is 0 Å². The van der Waals surface area contributed by atoms with Crippen molar-refractivity contribution in [2.24, 2.45) is 0 Å². The zero-order valence-corrected chi connectivity index (χ0v) is 11.5. The Labute approximate surface area is 114 Å². The van der Waals surface area contributed by atoms with Crippen LogP contribution in [-0.4, -0.2) is 24.2 Å². The molecule has 1 unspecified atom stereocenters. The summed E-state index contributed by atoms with van der Waals surface area (Å²) in [5.41, 5.74) is 1.12. The van der Waals surface area contributed by atoms with E-state index in [9.17, 15) is 10.1 Å². The van der Waals surface area contributed by atoms with Gasteiger partial charge in [-0.2, -0.15) is 0 Å². The molecular weight excluding hydrogens is 300 g/mol. The van der Waals surface area contributed by atoms with Gasteiger partial charge in [0, 0.05) is 35.8 Å². The zero-order chi connectivity index (χ0) is 13.0. The molecule has 1 aromatic rings. The first-order chi connectivity index (χ1) is 8.66. The normalized spacial score (nSPS) is 19.7. The van der Waals surface area contributed by atoms with Crippen LogP contribution in [-0.2, 0) is 11.3 Å². The first-order valence-corrected chi connectivity index (χ1v) is 6.70. The summed E-state index contributed by atoms with van der Waals surface area (Å²) < 4.78 is 6.15. The van der Waals surface area contributed by atoms with E-state index in [-0.39, 0.29) is 5.69 Å². The fourth-order valence-corrected chi connectivity index (χ4v) is 2.46. The highest BCUT2D eigenvalue weighted by Gasteiger charge is 2.14. The lowest BCUT2D eigenvalue weighted by atomic mass is 10.1. The first-order valence-electron chi connectivity index (χ1n) is 5.91. The molecule has 0 bridgehead atoms. The molecule has 1 fully saturated rings. The van der Waals surface area contributed by atoms with Crippen molar-refractivity contribution in [2.75, 3.05) is 13.2 Å². The van der Waals surface area contributed by atoms with E-state index in [1.165, 1.54) is 12.1 Å². The number of non-ortho nitro benzene ring substituents is 1. The minimum Gasteiger partial charge on any atom is -0.380 e. The molecule has 1 heterocycles. The number of ether oxygens (including phenoxy) is 1. The Morgan fingerprint density at radius 1 is 1.56 bits per heavy atom. The van der Waals surface area contributed by atoms with Gasteiger partial charge in [-0.15, -0.1) is 0 Å². The highest BCUT2D eigenvalue weighted by Crippen LogP contribution is 2.23. The number of nitrogens with one attached hydrogen (secondary N) is 1. The van der Waals surface area contributed by atoms with Gasteiger partial charge in [0.1, 0.15) is 0 Å². The maximum Gasteiger partial charge on any atom is 0.270 e. The van der Waals surface area contributed by atoms with E-state index < -0.39 is 4.92 Å². The van der Waals surface area contributed by atoms with Crippen LogP contribution in [0.2, 0.25) is 0 Å². The molecule has 0 amide bonds. The van der Waals surface area contributed by atoms with E-state index in [1.807, 2.05) is 0 Å². The van der Waals surface area contributed by atoms with Crippen molar-refractivity contribution in [1.29, 1.82) is 0 Å². The highest BCUT2D eigenvalue weighted by molar-refractivity contribution is 9.10. The van der Waals surface area contributed by atoms with Crippen LogP contribution in [0.25, 0.3) is 0 Å². The molecule has 0 saturated carbocycles. The van der Waals surface area contributed by atoms with E-state index in [1.54, 1.807) is 6.07 Å². The Bertz CT molecular complexity index is 433. The summed E-state index contributed by atoms with van der Waals surface area (Å²) in [6.45, 7) is 2.27. The minimum atomic E-state index is -0.392. The van der Waals surface area contributed by atoms with Crippen molar-refractivity contribution in [1.82, 2.24) is 5.32 Å². The summed E-state index contributed by atoms with van der Waals surface area (Å²) in [4.78, 5) is 10.2. The summed E-state index contributed by atoms with van der Waals surface area (Å²) in [6, 6.07) is 5.22. The maximum absolute atomic E-state index is 10.6. The third-order valence-electron chi connectivity index (χ3n) is 2.99. The number of nitrogens with zero attached hydrogens (tertiary/aromatic N) is 1. The zero-order valence-electron chi connectivity index (χ0n) is 9.89. The SMILES string of the molecule is O=[N+]([O-])c1ccc(CNC2CCCOC2)c(Br)c1. The van der Waals surface area contributed by atoms with E-state index in [2.05, 4.69) is 21.2 Å². The topological polar surface area (TPSA) is 64.4 Å². The molecule has 1 saturated heterocycles. The molecule has 2 rings (SSSR count). The van der Waals surface area contributed by atoms with Crippen molar-refractivity contribution in [3.05, 3.63) is 38.3 Å². The molecule has 1 atom stereocenters. The fraction of sp³-hybridized carbons (Fsp3) is 0.500. The predicted molar refractivity (Wildman–Crippen MR) is 71.5 cm³/mol. The van der Waals surface area contributed by atoms with Gasteiger partial charge in [-0.1, -0.05) is 15.9 Å². The molecule has 0 aromatic heterocycles. The van der Waals surface area contributed by atoms with Gasteiger partial charge < -0.3 is 10.1 Å². The Balaban J connectivity index is 1.94. The van der Waals surface area contributed by atoms with Gasteiger partial charge in [0.25, 0.3) is 5.69 Å². The average Bonchev–Trinajstić information content (AvgIpc) is 2.38. The Kier molecular flexibility index (Phi) is 4.68. The monoisotopic (exact) mass is 314 g/mol. The number of halogens is 1. The fourth-order valence-electron chi connectivity index (χ4n) is 1.95. The molecule has 1 aliphatic heterocycles. The van der Waals surface area contributed by atoms with E-state index in [0.717, 1.165) is 36.1 Å². The Morgan fingerprint density at radius 3 is 3.00 bits per heavy atom. The number of nitro benzene ring substituents is 1. The van der Waals surface area contributed by atoms with Gasteiger partial charge in [0.05, 0.1) is 11.5 Å². The molecule has 98 valence electrons. The smallest absolute Gasteiger partial charge is 0.270 e. The second-order valence-corrected chi connectivity index (χ2v) is 5.18. The summed E-state index contributed by atoms with van der Waals surface area (Å²) in [5, 5.41) is 14.0. The van der Waals surface area contributed by atoms with Crippen LogP contribution in [0.15, 0.2) is 22.7 Å². The van der Waals surface area contributed by atoms with Crippen molar-refractivity contribution in [3.63, 3.8) is 0 Å². The molecular formula is C12H15BrN2O3. The van der Waals surface area contributed by atoms with Crippen molar-refractivity contribution in [3.8, 4) is 0 Å². The summed E-state index contributed by atoms with van der Waals surface area (Å²) in [7, 11) is 0. The van der Waals surface area contributed by atoms with Crippen LogP contribution < -0.4 is 5.32 Å². The minimum absolute atomic E-state index is 0.103. The van der Waals surface area contributed by atoms with Gasteiger partial charge in [-0.3, -0.25) is 10.1 Å². The summed E-state index contributed by atoms with van der Waals surface area (Å²) >= 11 is 3.36. The standard InChI is InChI=1S/C12H15BrN2O3/c13-12-6-11(15(16)17)4-3-9(12)7-14-10-2-1-5-18-8-10/h3-4,6,10,14H,1-2,5,7-8H2. The second kappa shape index (κ2) is 6.26. The highest BCUT2D eigenvalue weighted by atomic mass is 79.9. The molecule has 0 aliphatic carbocycles. The number of nitro groups is 1. The van der Waals surface area contributed by atoms with Crippen molar-refractivity contribution < 1.29 is 9.66 Å². The third kappa shape index (κ3) is 3.51. The lowest BCUT2D eigenvalue weighted by Gasteiger charge is -2.23. The lowest BCUT2D eigenvalue weighted by molar-refractivity contribution is -0.384. The molecule has 1 aliphatic rings. The number of hydrogen-bond acceptors (Lipinski definition) is 4. The average molecular weight is 315 g/mol. The number of benzene rings is 1. The van der Waals surface area contributed by atoms with Crippen LogP contribution in [0.3, 0.4) is 0 Å². The van der Waals surface area contributed by atoms with Crippen LogP contribution in [0.1, 0.15) is 18.4 Å². The molecule has 6 heteroatoms. The maximum atomic E-state index is 10.6. The third-order valence-corrected chi connectivity index (χ3v) is 3.73. The van der Waals surface area contributed by atoms with Crippen LogP contribution >= 0.6 is 15.9 Å². The first kappa shape index (κ1) is 13.5. The van der Waals surface area contributed by atoms with Crippen LogP contribution in [0, 0.1) is 10.1 Å². The quantitative estimate of drug-likeness (QED) is 0.685. The van der Waals surface area contributed by atoms with Crippen molar-refractivity contribution in [2.45, 2.75) is 25.4 Å². The summed E-state index contributed by atoms with van der Waals surface area (Å²) in [6.07, 6.45) is 2.20. The molecule has 5 nitrogen and oxygen atoms in total. The van der Waals surface area contributed by atoms with E-state index in [4.69, 9.17) is 4.74 Å². The van der Waals surface area contributed by atoms with Crippen molar-refractivity contribution >= 4 is 21.6 Å². The largest absolute Gasteiger partial charge is 0.380 e. The molecule has 1 N–H and O–H groups in total. The lowest BCUT2D eigenvalue weighted by Crippen LogP contribution is -2.36. The van der Waals surface area contributed by atoms with Crippen LogP contribution in [0.5, 0.6) is 0 Å². The molecule has 1 aromatic carbocycles. The van der Waals surface area contributed by atoms with Gasteiger partial charge in [-0.25, -0.2) is 0 Å². The number of hydrogen-bond donors (Lipinski definition) is 1. The van der Waals surface area contributed by atoms with Gasteiger partial charge in [0.15, 0.2) is 0 Å². The second-order valence-electron chi connectivity index (χ2n) is 4.33. The van der Waals surface area contributed by atoms with Gasteiger partial charge in [0.2, 0.25) is 0 Å². The molecule has 18 heavy (non-hydrogen) atoms. The Hall–Kier alpha value is -0.980. The molecule has 0 radical (unpaired) electrons. The van der Waals surface area contributed by atoms with Crippen LogP contribution in [0.4, 0.5) is 5.69 Å². The Morgan fingerprint density at radius 2 is 2.39 bits per heavy atom. The predicted octanol–water partition coefficient (Wildman–Crippen LogP) is 2.63. The molecule has 0 spiro atoms. The van der Waals surface area contributed by atoms with E-state index >= 15 is 0 Å². The summed E-state index contributed by atoms with van der Waals surface area (Å²) in [5.74, 6) is 0.